The highest BCUT2D eigenvalue weighted by molar-refractivity contribution is 5.94. The van der Waals surface area contributed by atoms with E-state index in [1.54, 1.807) is 6.07 Å². The Hall–Kier alpha value is -1.82. The second-order valence-electron chi connectivity index (χ2n) is 8.59. The molecule has 6 heteroatoms. The highest BCUT2D eigenvalue weighted by atomic mass is 16.3. The van der Waals surface area contributed by atoms with E-state index in [1.807, 2.05) is 4.90 Å². The van der Waals surface area contributed by atoms with Crippen LogP contribution in [0.15, 0.2) is 23.0 Å². The summed E-state index contributed by atoms with van der Waals surface area (Å²) in [6, 6.07) is 2.10. The molecule has 2 amide bonds. The first-order valence-corrected chi connectivity index (χ1v) is 10.9. The van der Waals surface area contributed by atoms with Gasteiger partial charge in [0.05, 0.1) is 11.8 Å². The minimum atomic E-state index is -0.00589. The van der Waals surface area contributed by atoms with Crippen LogP contribution in [0.1, 0.15) is 62.7 Å². The summed E-state index contributed by atoms with van der Waals surface area (Å²) < 4.78 is 5.00. The average Bonchev–Trinajstić information content (AvgIpc) is 3.11. The number of hydrogen-bond acceptors (Lipinski definition) is 4. The van der Waals surface area contributed by atoms with Crippen molar-refractivity contribution in [1.82, 2.24) is 15.1 Å². The molecule has 6 nitrogen and oxygen atoms in total. The van der Waals surface area contributed by atoms with E-state index in [-0.39, 0.29) is 17.7 Å². The van der Waals surface area contributed by atoms with E-state index in [9.17, 15) is 9.59 Å². The van der Waals surface area contributed by atoms with Crippen molar-refractivity contribution in [2.75, 3.05) is 32.7 Å². The molecule has 0 bridgehead atoms. The molecule has 2 saturated heterocycles. The number of hydrogen-bond donors (Lipinski definition) is 1. The van der Waals surface area contributed by atoms with Gasteiger partial charge in [-0.3, -0.25) is 14.5 Å². The molecule has 2 aliphatic rings. The Balaban J connectivity index is 1.46. The summed E-state index contributed by atoms with van der Waals surface area (Å²) in [5.41, 5.74) is 0.583. The van der Waals surface area contributed by atoms with Gasteiger partial charge < -0.3 is 14.6 Å². The number of nitrogens with zero attached hydrogens (tertiary/aromatic N) is 2. The van der Waals surface area contributed by atoms with E-state index in [1.165, 1.54) is 38.2 Å². The summed E-state index contributed by atoms with van der Waals surface area (Å²) in [6.45, 7) is 8.78. The van der Waals surface area contributed by atoms with Crippen molar-refractivity contribution >= 4 is 11.8 Å². The zero-order valence-electron chi connectivity index (χ0n) is 17.4. The maximum Gasteiger partial charge on any atom is 0.257 e. The number of carbonyl (C=O) groups is 2. The van der Waals surface area contributed by atoms with E-state index >= 15 is 0 Å². The minimum Gasteiger partial charge on any atom is -0.472 e. The van der Waals surface area contributed by atoms with Crippen LogP contribution in [0.2, 0.25) is 0 Å². The quantitative estimate of drug-likeness (QED) is 0.812. The van der Waals surface area contributed by atoms with Crippen LogP contribution in [0, 0.1) is 11.8 Å². The van der Waals surface area contributed by atoms with Crippen molar-refractivity contribution in [3.63, 3.8) is 0 Å². The Kier molecular flexibility index (Phi) is 7.54. The van der Waals surface area contributed by atoms with Gasteiger partial charge >= 0.3 is 0 Å². The number of carbonyl (C=O) groups excluding carboxylic acids is 2. The van der Waals surface area contributed by atoms with Crippen molar-refractivity contribution in [3.8, 4) is 0 Å². The molecule has 1 atom stereocenters. The number of amides is 2. The summed E-state index contributed by atoms with van der Waals surface area (Å²) in [5, 5.41) is 3.22. The standard InChI is InChI=1S/C22H35N3O3/c1-17(2)20(24-10-5-3-4-6-11-24)15-23-21(26)18-7-12-25(13-8-18)22(27)19-9-14-28-16-19/h9,14,16-18,20H,3-8,10-13,15H2,1-2H3,(H,23,26). The van der Waals surface area contributed by atoms with E-state index in [4.69, 9.17) is 4.42 Å². The van der Waals surface area contributed by atoms with Gasteiger partial charge in [-0.1, -0.05) is 26.7 Å². The molecular formula is C22H35N3O3. The lowest BCUT2D eigenvalue weighted by molar-refractivity contribution is -0.126. The molecule has 0 aromatic carbocycles. The second-order valence-corrected chi connectivity index (χ2v) is 8.59. The van der Waals surface area contributed by atoms with Crippen molar-refractivity contribution in [2.45, 2.75) is 58.4 Å². The fourth-order valence-corrected chi connectivity index (χ4v) is 4.48. The van der Waals surface area contributed by atoms with Crippen molar-refractivity contribution in [1.29, 1.82) is 0 Å². The van der Waals surface area contributed by atoms with Crippen molar-refractivity contribution in [3.05, 3.63) is 24.2 Å². The van der Waals surface area contributed by atoms with Gasteiger partial charge in [0.15, 0.2) is 0 Å². The van der Waals surface area contributed by atoms with E-state index in [0.29, 0.717) is 30.6 Å². The van der Waals surface area contributed by atoms with Crippen molar-refractivity contribution < 1.29 is 14.0 Å². The van der Waals surface area contributed by atoms with Gasteiger partial charge in [-0.25, -0.2) is 0 Å². The molecule has 2 fully saturated rings. The Morgan fingerprint density at radius 3 is 2.36 bits per heavy atom. The van der Waals surface area contributed by atoms with Gasteiger partial charge in [0.1, 0.15) is 6.26 Å². The monoisotopic (exact) mass is 389 g/mol. The number of nitrogens with one attached hydrogen (secondary N) is 1. The fourth-order valence-electron chi connectivity index (χ4n) is 4.48. The Labute approximate surface area is 168 Å². The van der Waals surface area contributed by atoms with Gasteiger partial charge in [0.25, 0.3) is 5.91 Å². The molecule has 2 aliphatic heterocycles. The van der Waals surface area contributed by atoms with E-state index in [2.05, 4.69) is 24.1 Å². The van der Waals surface area contributed by atoms with Crippen molar-refractivity contribution in [2.24, 2.45) is 11.8 Å². The summed E-state index contributed by atoms with van der Waals surface area (Å²) in [4.78, 5) is 29.5. The predicted molar refractivity (Wildman–Crippen MR) is 109 cm³/mol. The van der Waals surface area contributed by atoms with Crippen LogP contribution in [0.4, 0.5) is 0 Å². The largest absolute Gasteiger partial charge is 0.472 e. The lowest BCUT2D eigenvalue weighted by Crippen LogP contribution is -2.49. The Bertz CT molecular complexity index is 613. The fraction of sp³-hybridized carbons (Fsp3) is 0.727. The first-order chi connectivity index (χ1) is 13.6. The zero-order valence-corrected chi connectivity index (χ0v) is 17.4. The lowest BCUT2D eigenvalue weighted by atomic mass is 9.95. The first-order valence-electron chi connectivity index (χ1n) is 10.9. The summed E-state index contributed by atoms with van der Waals surface area (Å²) >= 11 is 0. The molecule has 1 aromatic heterocycles. The molecule has 0 spiro atoms. The zero-order chi connectivity index (χ0) is 19.9. The molecule has 1 aromatic rings. The van der Waals surface area contributed by atoms with Crippen LogP contribution in [-0.4, -0.2) is 60.4 Å². The van der Waals surface area contributed by atoms with Gasteiger partial charge in [0.2, 0.25) is 5.91 Å². The third kappa shape index (κ3) is 5.37. The molecule has 28 heavy (non-hydrogen) atoms. The molecule has 0 saturated carbocycles. The van der Waals surface area contributed by atoms with Crippen LogP contribution in [0.3, 0.4) is 0 Å². The van der Waals surface area contributed by atoms with Gasteiger partial charge in [-0.2, -0.15) is 0 Å². The third-order valence-corrected chi connectivity index (χ3v) is 6.29. The van der Waals surface area contributed by atoms with E-state index in [0.717, 1.165) is 32.5 Å². The topological polar surface area (TPSA) is 65.8 Å². The maximum absolute atomic E-state index is 12.7. The minimum absolute atomic E-state index is 0.00495. The van der Waals surface area contributed by atoms with Crippen LogP contribution in [-0.2, 0) is 4.79 Å². The van der Waals surface area contributed by atoms with Gasteiger partial charge in [0, 0.05) is 31.6 Å². The smallest absolute Gasteiger partial charge is 0.257 e. The maximum atomic E-state index is 12.7. The molecule has 0 aliphatic carbocycles. The third-order valence-electron chi connectivity index (χ3n) is 6.29. The van der Waals surface area contributed by atoms with E-state index < -0.39 is 0 Å². The lowest BCUT2D eigenvalue weighted by Gasteiger charge is -2.35. The Morgan fingerprint density at radius 2 is 1.79 bits per heavy atom. The SMILES string of the molecule is CC(C)C(CNC(=O)C1CCN(C(=O)c2ccoc2)CC1)N1CCCCCC1. The molecule has 1 N–H and O–H groups in total. The number of furan rings is 1. The van der Waals surface area contributed by atoms with Crippen LogP contribution in [0.5, 0.6) is 0 Å². The Morgan fingerprint density at radius 1 is 1.11 bits per heavy atom. The van der Waals surface area contributed by atoms with Gasteiger partial charge in [-0.15, -0.1) is 0 Å². The molecule has 156 valence electrons. The number of rotatable bonds is 6. The molecular weight excluding hydrogens is 354 g/mol. The van der Waals surface area contributed by atoms with Gasteiger partial charge in [-0.05, 0) is 50.8 Å². The molecule has 1 unspecified atom stereocenters. The number of likely N-dealkylation sites (tertiary alicyclic amines) is 2. The predicted octanol–water partition coefficient (Wildman–Crippen LogP) is 3.15. The molecule has 3 rings (SSSR count). The molecule has 0 radical (unpaired) electrons. The van der Waals surface area contributed by atoms with Crippen LogP contribution in [0.25, 0.3) is 0 Å². The van der Waals surface area contributed by atoms with Crippen LogP contribution < -0.4 is 5.32 Å². The highest BCUT2D eigenvalue weighted by Gasteiger charge is 2.29. The highest BCUT2D eigenvalue weighted by Crippen LogP contribution is 2.21. The summed E-state index contributed by atoms with van der Waals surface area (Å²) in [7, 11) is 0. The number of piperidine rings is 1. The summed E-state index contributed by atoms with van der Waals surface area (Å²) in [5.74, 6) is 0.669. The van der Waals surface area contributed by atoms with Crippen LogP contribution >= 0.6 is 0 Å². The first kappa shape index (κ1) is 20.9. The average molecular weight is 390 g/mol. The second kappa shape index (κ2) is 10.1. The normalized spacial score (nSPS) is 20.8. The summed E-state index contributed by atoms with van der Waals surface area (Å²) in [6.07, 6.45) is 9.63. The molecule has 3 heterocycles.